The number of amides is 4. The highest BCUT2D eigenvalue weighted by atomic mass is 16.5. The zero-order chi connectivity index (χ0) is 25.4. The molecular weight excluding hydrogens is 446 g/mol. The predicted molar refractivity (Wildman–Crippen MR) is 132 cm³/mol. The first-order valence-electron chi connectivity index (χ1n) is 11.0. The molecule has 1 fully saturated rings. The summed E-state index contributed by atoms with van der Waals surface area (Å²) in [5, 5.41) is 2.26. The van der Waals surface area contributed by atoms with Gasteiger partial charge in [-0.25, -0.2) is 14.5 Å². The van der Waals surface area contributed by atoms with Crippen LogP contribution in [0.2, 0.25) is 0 Å². The van der Waals surface area contributed by atoms with Gasteiger partial charge in [0.05, 0.1) is 18.4 Å². The van der Waals surface area contributed by atoms with Crippen molar-refractivity contribution in [3.63, 3.8) is 0 Å². The number of carbonyl (C=O) groups is 4. The lowest BCUT2D eigenvalue weighted by Gasteiger charge is -2.27. The van der Waals surface area contributed by atoms with Gasteiger partial charge in [-0.2, -0.15) is 0 Å². The second-order valence-corrected chi connectivity index (χ2v) is 8.35. The highest BCUT2D eigenvalue weighted by molar-refractivity contribution is 6.39. The van der Waals surface area contributed by atoms with Crippen molar-refractivity contribution in [1.29, 1.82) is 0 Å². The number of carbonyl (C=O) groups excluding carboxylic acids is 4. The molecule has 1 aromatic heterocycles. The van der Waals surface area contributed by atoms with Crippen molar-refractivity contribution in [2.75, 3.05) is 12.0 Å². The topological polar surface area (TPSA) is 97.7 Å². The number of aryl methyl sites for hydroxylation is 2. The third kappa shape index (κ3) is 4.03. The van der Waals surface area contributed by atoms with Gasteiger partial charge in [-0.05, 0) is 74.7 Å². The van der Waals surface area contributed by atoms with E-state index in [1.54, 1.807) is 43.3 Å². The second-order valence-electron chi connectivity index (χ2n) is 8.35. The van der Waals surface area contributed by atoms with Crippen LogP contribution in [0.4, 0.5) is 10.5 Å². The Morgan fingerprint density at radius 1 is 0.943 bits per heavy atom. The molecule has 0 atom stereocenters. The van der Waals surface area contributed by atoms with E-state index in [-0.39, 0.29) is 5.57 Å². The van der Waals surface area contributed by atoms with Crippen molar-refractivity contribution >= 4 is 35.6 Å². The minimum absolute atomic E-state index is 0.145. The Kier molecular flexibility index (Phi) is 6.13. The minimum atomic E-state index is -0.785. The SMILES string of the molecule is COC(=O)c1cccc(-n2c(C)cc(/C=C3\C(=O)NC(=O)N(c4ccccc4C)C3=O)c2C)c1C. The molecule has 0 unspecified atom stereocenters. The number of anilines is 1. The van der Waals surface area contributed by atoms with Crippen molar-refractivity contribution in [1.82, 2.24) is 9.88 Å². The first kappa shape index (κ1) is 23.7. The molecular formula is C27H25N3O5. The predicted octanol–water partition coefficient (Wildman–Crippen LogP) is 4.16. The normalized spacial score (nSPS) is 14.9. The summed E-state index contributed by atoms with van der Waals surface area (Å²) in [7, 11) is 1.34. The lowest BCUT2D eigenvalue weighted by Crippen LogP contribution is -2.54. The number of imide groups is 2. The van der Waals surface area contributed by atoms with Crippen molar-refractivity contribution < 1.29 is 23.9 Å². The Morgan fingerprint density at radius 2 is 1.63 bits per heavy atom. The average molecular weight is 472 g/mol. The van der Waals surface area contributed by atoms with Gasteiger partial charge in [0.15, 0.2) is 0 Å². The number of para-hydroxylation sites is 1. The summed E-state index contributed by atoms with van der Waals surface area (Å²) >= 11 is 0. The summed E-state index contributed by atoms with van der Waals surface area (Å²) in [6.45, 7) is 7.38. The molecule has 0 bridgehead atoms. The molecule has 0 saturated carbocycles. The number of barbiturate groups is 1. The molecule has 0 radical (unpaired) electrons. The number of methoxy groups -OCH3 is 1. The molecule has 3 aromatic rings. The number of nitrogens with zero attached hydrogens (tertiary/aromatic N) is 2. The fourth-order valence-corrected chi connectivity index (χ4v) is 4.35. The molecule has 8 heteroatoms. The number of hydrogen-bond acceptors (Lipinski definition) is 5. The number of benzene rings is 2. The molecule has 1 aliphatic heterocycles. The van der Waals surface area contributed by atoms with Crippen LogP contribution >= 0.6 is 0 Å². The van der Waals surface area contributed by atoms with Gasteiger partial charge < -0.3 is 9.30 Å². The van der Waals surface area contributed by atoms with Crippen molar-refractivity contribution in [3.05, 3.63) is 87.7 Å². The second kappa shape index (κ2) is 9.06. The fraction of sp³-hybridized carbons (Fsp3) is 0.185. The van der Waals surface area contributed by atoms with Crippen LogP contribution in [0.1, 0.15) is 38.4 Å². The molecule has 4 rings (SSSR count). The van der Waals surface area contributed by atoms with Crippen LogP contribution in [-0.2, 0) is 14.3 Å². The number of ether oxygens (including phenoxy) is 1. The Labute approximate surface area is 202 Å². The minimum Gasteiger partial charge on any atom is -0.465 e. The van der Waals surface area contributed by atoms with Crippen molar-refractivity contribution in [2.45, 2.75) is 27.7 Å². The molecule has 2 aromatic carbocycles. The molecule has 178 valence electrons. The molecule has 1 saturated heterocycles. The molecule has 8 nitrogen and oxygen atoms in total. The van der Waals surface area contributed by atoms with Crippen LogP contribution < -0.4 is 10.2 Å². The van der Waals surface area contributed by atoms with E-state index in [2.05, 4.69) is 5.32 Å². The maximum Gasteiger partial charge on any atom is 0.338 e. The average Bonchev–Trinajstić information content (AvgIpc) is 3.10. The van der Waals surface area contributed by atoms with Crippen LogP contribution in [-0.4, -0.2) is 35.5 Å². The molecule has 1 aliphatic rings. The van der Waals surface area contributed by atoms with Gasteiger partial charge in [0.1, 0.15) is 5.57 Å². The number of rotatable bonds is 4. The Hall–Kier alpha value is -4.46. The summed E-state index contributed by atoms with van der Waals surface area (Å²) < 4.78 is 6.84. The maximum absolute atomic E-state index is 13.3. The van der Waals surface area contributed by atoms with Gasteiger partial charge in [0, 0.05) is 17.1 Å². The third-order valence-electron chi connectivity index (χ3n) is 6.18. The summed E-state index contributed by atoms with van der Waals surface area (Å²) in [4.78, 5) is 51.6. The summed E-state index contributed by atoms with van der Waals surface area (Å²) in [6.07, 6.45) is 1.49. The van der Waals surface area contributed by atoms with E-state index < -0.39 is 23.8 Å². The first-order chi connectivity index (χ1) is 16.6. The molecule has 0 aliphatic carbocycles. The summed E-state index contributed by atoms with van der Waals surface area (Å²) in [6, 6.07) is 13.4. The number of esters is 1. The maximum atomic E-state index is 13.3. The van der Waals surface area contributed by atoms with Gasteiger partial charge in [0.2, 0.25) is 0 Å². The van der Waals surface area contributed by atoms with Gasteiger partial charge in [-0.15, -0.1) is 0 Å². The first-order valence-corrected chi connectivity index (χ1v) is 11.0. The highest BCUT2D eigenvalue weighted by Gasteiger charge is 2.37. The lowest BCUT2D eigenvalue weighted by atomic mass is 10.1. The number of urea groups is 1. The van der Waals surface area contributed by atoms with Gasteiger partial charge in [0.25, 0.3) is 11.8 Å². The Balaban J connectivity index is 1.80. The number of aromatic nitrogens is 1. The van der Waals surface area contributed by atoms with Crippen LogP contribution in [0, 0.1) is 27.7 Å². The van der Waals surface area contributed by atoms with E-state index >= 15 is 0 Å². The monoisotopic (exact) mass is 471 g/mol. The fourth-order valence-electron chi connectivity index (χ4n) is 4.35. The van der Waals surface area contributed by atoms with Crippen molar-refractivity contribution in [2.24, 2.45) is 0 Å². The summed E-state index contributed by atoms with van der Waals surface area (Å²) in [5.41, 5.74) is 5.21. The van der Waals surface area contributed by atoms with Gasteiger partial charge >= 0.3 is 12.0 Å². The zero-order valence-electron chi connectivity index (χ0n) is 20.1. The highest BCUT2D eigenvalue weighted by Crippen LogP contribution is 2.29. The third-order valence-corrected chi connectivity index (χ3v) is 6.18. The van der Waals surface area contributed by atoms with E-state index in [4.69, 9.17) is 4.74 Å². The van der Waals surface area contributed by atoms with Crippen LogP contribution in [0.15, 0.2) is 54.1 Å². The molecule has 4 amide bonds. The lowest BCUT2D eigenvalue weighted by molar-refractivity contribution is -0.122. The van der Waals surface area contributed by atoms with E-state index in [1.807, 2.05) is 37.5 Å². The molecule has 1 N–H and O–H groups in total. The van der Waals surface area contributed by atoms with Gasteiger partial charge in [-0.3, -0.25) is 14.9 Å². The largest absolute Gasteiger partial charge is 0.465 e. The van der Waals surface area contributed by atoms with Crippen LogP contribution in [0.5, 0.6) is 0 Å². The van der Waals surface area contributed by atoms with E-state index in [9.17, 15) is 19.2 Å². The smallest absolute Gasteiger partial charge is 0.338 e. The molecule has 35 heavy (non-hydrogen) atoms. The summed E-state index contributed by atoms with van der Waals surface area (Å²) in [5.74, 6) is -1.88. The van der Waals surface area contributed by atoms with Crippen molar-refractivity contribution in [3.8, 4) is 5.69 Å². The molecule has 0 spiro atoms. The zero-order valence-corrected chi connectivity index (χ0v) is 20.1. The quantitative estimate of drug-likeness (QED) is 0.350. The number of nitrogens with one attached hydrogen (secondary N) is 1. The number of hydrogen-bond donors (Lipinski definition) is 1. The van der Waals surface area contributed by atoms with Crippen LogP contribution in [0.25, 0.3) is 11.8 Å². The van der Waals surface area contributed by atoms with E-state index in [0.717, 1.165) is 33.1 Å². The van der Waals surface area contributed by atoms with Crippen LogP contribution in [0.3, 0.4) is 0 Å². The van der Waals surface area contributed by atoms with Gasteiger partial charge in [-0.1, -0.05) is 24.3 Å². The van der Waals surface area contributed by atoms with E-state index in [0.29, 0.717) is 16.8 Å². The Bertz CT molecular complexity index is 1430. The standard InChI is InChI=1S/C27H25N3O5/c1-15-9-6-7-11-22(15)30-25(32)21(24(31)28-27(30)34)14-19-13-16(2)29(18(19)4)23-12-8-10-20(17(23)3)26(33)35-5/h6-14H,1-5H3,(H,28,31,34)/b21-14+. The van der Waals surface area contributed by atoms with E-state index in [1.165, 1.54) is 13.2 Å². The Morgan fingerprint density at radius 3 is 2.31 bits per heavy atom. The molecule has 2 heterocycles.